The average molecular weight is 96.1 g/mol. The lowest BCUT2D eigenvalue weighted by molar-refractivity contribution is -0.104. The number of carbonyl (C=O) groups excluding carboxylic acids is 1. The molecule has 0 saturated heterocycles. The Hall–Kier alpha value is -0.850. The molecule has 38 valence electrons. The van der Waals surface area contributed by atoms with Crippen LogP contribution in [-0.4, -0.2) is 6.29 Å². The molecule has 0 amide bonds. The number of aldehydes is 1. The zero-order valence-electron chi connectivity index (χ0n) is 4.35. The molecule has 0 unspecified atom stereocenters. The van der Waals surface area contributed by atoms with Gasteiger partial charge in [0, 0.05) is 0 Å². The summed E-state index contributed by atoms with van der Waals surface area (Å²) < 4.78 is 0. The van der Waals surface area contributed by atoms with Crippen LogP contribution in [0.4, 0.5) is 0 Å². The van der Waals surface area contributed by atoms with Gasteiger partial charge >= 0.3 is 0 Å². The Labute approximate surface area is 43.3 Å². The fourth-order valence-corrected chi connectivity index (χ4v) is 0.204. The maximum Gasteiger partial charge on any atom is 0.142 e. The molecule has 0 saturated carbocycles. The largest absolute Gasteiger partial charge is 0.299 e. The minimum Gasteiger partial charge on any atom is -0.299 e. The predicted molar refractivity (Wildman–Crippen MR) is 30.0 cm³/mol. The molecule has 0 fully saturated rings. The first kappa shape index (κ1) is 6.15. The first-order valence-electron chi connectivity index (χ1n) is 2.04. The van der Waals surface area contributed by atoms with Gasteiger partial charge in [-0.15, -0.1) is 0 Å². The summed E-state index contributed by atoms with van der Waals surface area (Å²) in [5, 5.41) is 0. The van der Waals surface area contributed by atoms with Crippen LogP contribution in [0.3, 0.4) is 0 Å². The van der Waals surface area contributed by atoms with E-state index in [0.717, 1.165) is 11.9 Å². The molecule has 1 nitrogen and oxygen atoms in total. The van der Waals surface area contributed by atoms with E-state index in [2.05, 4.69) is 6.58 Å². The van der Waals surface area contributed by atoms with Crippen LogP contribution in [-0.2, 0) is 4.79 Å². The van der Waals surface area contributed by atoms with Crippen LogP contribution in [0.5, 0.6) is 0 Å². The molecule has 0 spiro atoms. The number of hydrogen-bond donors (Lipinski definition) is 0. The van der Waals surface area contributed by atoms with Crippen LogP contribution >= 0.6 is 0 Å². The normalized spacial score (nSPS) is 9.29. The molecule has 0 aliphatic carbocycles. The molecule has 0 radical (unpaired) electrons. The highest BCUT2D eigenvalue weighted by Crippen LogP contribution is 1.84. The summed E-state index contributed by atoms with van der Waals surface area (Å²) in [6.07, 6.45) is 3.81. The SMILES string of the molecule is C=C(C)/C=C\C=O. The molecule has 0 aliphatic heterocycles. The van der Waals surface area contributed by atoms with Crippen molar-refractivity contribution in [1.29, 1.82) is 0 Å². The number of allylic oxidation sites excluding steroid dienone is 3. The zero-order chi connectivity index (χ0) is 5.70. The van der Waals surface area contributed by atoms with Gasteiger partial charge in [0.25, 0.3) is 0 Å². The second-order valence-electron chi connectivity index (χ2n) is 1.34. The van der Waals surface area contributed by atoms with E-state index in [1.807, 2.05) is 6.92 Å². The molecule has 0 rings (SSSR count). The first-order valence-corrected chi connectivity index (χ1v) is 2.04. The van der Waals surface area contributed by atoms with Crippen molar-refractivity contribution in [3.63, 3.8) is 0 Å². The van der Waals surface area contributed by atoms with Crippen LogP contribution in [0, 0.1) is 0 Å². The molecule has 0 heterocycles. The van der Waals surface area contributed by atoms with Crippen LogP contribution in [0.1, 0.15) is 6.92 Å². The number of hydrogen-bond acceptors (Lipinski definition) is 1. The zero-order valence-corrected chi connectivity index (χ0v) is 4.35. The molecular formula is C6H8O. The van der Waals surface area contributed by atoms with Gasteiger partial charge in [-0.1, -0.05) is 18.2 Å². The van der Waals surface area contributed by atoms with E-state index < -0.39 is 0 Å². The Morgan fingerprint density at radius 1 is 1.71 bits per heavy atom. The lowest BCUT2D eigenvalue weighted by atomic mass is 10.3. The van der Waals surface area contributed by atoms with E-state index >= 15 is 0 Å². The maximum absolute atomic E-state index is 9.58. The molecule has 0 N–H and O–H groups in total. The standard InChI is InChI=1S/C6H8O/c1-6(2)4-3-5-7/h3-5H,1H2,2H3/b4-3-. The fraction of sp³-hybridized carbons (Fsp3) is 0.167. The van der Waals surface area contributed by atoms with Crippen molar-refractivity contribution in [2.24, 2.45) is 0 Å². The molecular weight excluding hydrogens is 88.1 g/mol. The van der Waals surface area contributed by atoms with Gasteiger partial charge in [-0.05, 0) is 13.0 Å². The Balaban J connectivity index is 3.46. The van der Waals surface area contributed by atoms with Crippen molar-refractivity contribution in [3.8, 4) is 0 Å². The summed E-state index contributed by atoms with van der Waals surface area (Å²) in [6, 6.07) is 0. The van der Waals surface area contributed by atoms with Gasteiger partial charge in [0.2, 0.25) is 0 Å². The molecule has 0 aromatic rings. The molecule has 0 aliphatic rings. The Kier molecular flexibility index (Phi) is 2.94. The van der Waals surface area contributed by atoms with E-state index in [-0.39, 0.29) is 0 Å². The predicted octanol–water partition coefficient (Wildman–Crippen LogP) is 1.32. The molecule has 1 heteroatoms. The molecule has 0 bridgehead atoms. The van der Waals surface area contributed by atoms with Gasteiger partial charge < -0.3 is 0 Å². The summed E-state index contributed by atoms with van der Waals surface area (Å²) in [4.78, 5) is 9.58. The fourth-order valence-electron chi connectivity index (χ4n) is 0.204. The van der Waals surface area contributed by atoms with Gasteiger partial charge in [-0.25, -0.2) is 0 Å². The summed E-state index contributed by atoms with van der Waals surface area (Å²) >= 11 is 0. The van der Waals surface area contributed by atoms with Gasteiger partial charge in [-0.2, -0.15) is 0 Å². The average Bonchev–Trinajstić information content (AvgIpc) is 1.61. The summed E-state index contributed by atoms with van der Waals surface area (Å²) in [5.74, 6) is 0. The second kappa shape index (κ2) is 3.34. The lowest BCUT2D eigenvalue weighted by Crippen LogP contribution is -1.61. The van der Waals surface area contributed by atoms with Crippen LogP contribution in [0.15, 0.2) is 24.3 Å². The van der Waals surface area contributed by atoms with Crippen molar-refractivity contribution < 1.29 is 4.79 Å². The number of carbonyl (C=O) groups is 1. The third kappa shape index (κ3) is 5.15. The minimum absolute atomic E-state index is 0.731. The van der Waals surface area contributed by atoms with Crippen molar-refractivity contribution in [2.45, 2.75) is 6.92 Å². The monoisotopic (exact) mass is 96.1 g/mol. The molecule has 7 heavy (non-hydrogen) atoms. The van der Waals surface area contributed by atoms with Gasteiger partial charge in [0.15, 0.2) is 0 Å². The van der Waals surface area contributed by atoms with Crippen LogP contribution in [0.2, 0.25) is 0 Å². The Morgan fingerprint density at radius 2 is 2.29 bits per heavy atom. The third-order valence-corrected chi connectivity index (χ3v) is 0.459. The Morgan fingerprint density at radius 3 is 2.43 bits per heavy atom. The third-order valence-electron chi connectivity index (χ3n) is 0.459. The molecule has 0 aromatic heterocycles. The highest BCUT2D eigenvalue weighted by molar-refractivity contribution is 5.65. The topological polar surface area (TPSA) is 17.1 Å². The van der Waals surface area contributed by atoms with E-state index in [9.17, 15) is 4.79 Å². The van der Waals surface area contributed by atoms with Gasteiger partial charge in [0.1, 0.15) is 6.29 Å². The summed E-state index contributed by atoms with van der Waals surface area (Å²) in [6.45, 7) is 5.38. The second-order valence-corrected chi connectivity index (χ2v) is 1.34. The van der Waals surface area contributed by atoms with E-state index in [4.69, 9.17) is 0 Å². The maximum atomic E-state index is 9.58. The quantitative estimate of drug-likeness (QED) is 0.288. The smallest absolute Gasteiger partial charge is 0.142 e. The first-order chi connectivity index (χ1) is 3.27. The van der Waals surface area contributed by atoms with Crippen molar-refractivity contribution in [3.05, 3.63) is 24.3 Å². The highest BCUT2D eigenvalue weighted by Gasteiger charge is 1.67. The Bertz CT molecular complexity index is 101. The molecule has 0 atom stereocenters. The van der Waals surface area contributed by atoms with E-state index in [0.29, 0.717) is 0 Å². The summed E-state index contributed by atoms with van der Waals surface area (Å²) in [7, 11) is 0. The van der Waals surface area contributed by atoms with Crippen LogP contribution < -0.4 is 0 Å². The van der Waals surface area contributed by atoms with Crippen molar-refractivity contribution in [2.75, 3.05) is 0 Å². The molecule has 0 aromatic carbocycles. The van der Waals surface area contributed by atoms with E-state index in [1.54, 1.807) is 6.08 Å². The van der Waals surface area contributed by atoms with Crippen molar-refractivity contribution >= 4 is 6.29 Å². The summed E-state index contributed by atoms with van der Waals surface area (Å²) in [5.41, 5.74) is 0.895. The van der Waals surface area contributed by atoms with Crippen LogP contribution in [0.25, 0.3) is 0 Å². The number of rotatable bonds is 2. The van der Waals surface area contributed by atoms with Crippen molar-refractivity contribution in [1.82, 2.24) is 0 Å². The van der Waals surface area contributed by atoms with E-state index in [1.165, 1.54) is 6.08 Å². The van der Waals surface area contributed by atoms with Gasteiger partial charge in [-0.3, -0.25) is 4.79 Å². The minimum atomic E-state index is 0.731. The lowest BCUT2D eigenvalue weighted by Gasteiger charge is -1.75. The van der Waals surface area contributed by atoms with Gasteiger partial charge in [0.05, 0.1) is 0 Å². The highest BCUT2D eigenvalue weighted by atomic mass is 16.1.